The lowest BCUT2D eigenvalue weighted by Gasteiger charge is -2.11. The Morgan fingerprint density at radius 1 is 1.38 bits per heavy atom. The molecule has 1 amide bonds. The zero-order chi connectivity index (χ0) is 16.5. The predicted octanol–water partition coefficient (Wildman–Crippen LogP) is 2.63. The second-order valence-electron chi connectivity index (χ2n) is 5.79. The van der Waals surface area contributed by atoms with E-state index in [-0.39, 0.29) is 12.0 Å². The van der Waals surface area contributed by atoms with Crippen LogP contribution in [0.15, 0.2) is 36.7 Å². The number of ether oxygens (including phenoxy) is 1. The lowest BCUT2D eigenvalue weighted by Crippen LogP contribution is -2.08. The summed E-state index contributed by atoms with van der Waals surface area (Å²) in [6, 6.07) is 7.64. The van der Waals surface area contributed by atoms with E-state index < -0.39 is 0 Å². The highest BCUT2D eigenvalue weighted by Gasteiger charge is 2.19. The number of nitrogens with zero attached hydrogens (tertiary/aromatic N) is 4. The SMILES string of the molecule is CC(=O)Nc1cc2c(cn1)cnn2-c1cccc(C2CCCO2)n1. The van der Waals surface area contributed by atoms with Gasteiger partial charge in [0.15, 0.2) is 5.82 Å². The molecule has 24 heavy (non-hydrogen) atoms. The molecule has 1 saturated heterocycles. The van der Waals surface area contributed by atoms with E-state index in [2.05, 4.69) is 15.4 Å². The smallest absolute Gasteiger partial charge is 0.222 e. The molecule has 0 bridgehead atoms. The fraction of sp³-hybridized carbons (Fsp3) is 0.294. The second kappa shape index (κ2) is 6.01. The van der Waals surface area contributed by atoms with E-state index in [1.165, 1.54) is 6.92 Å². The van der Waals surface area contributed by atoms with Gasteiger partial charge in [-0.05, 0) is 25.0 Å². The Morgan fingerprint density at radius 3 is 3.08 bits per heavy atom. The number of rotatable bonds is 3. The third-order valence-corrected chi connectivity index (χ3v) is 3.99. The molecule has 7 nitrogen and oxygen atoms in total. The summed E-state index contributed by atoms with van der Waals surface area (Å²) in [6.45, 7) is 2.24. The Morgan fingerprint density at radius 2 is 2.29 bits per heavy atom. The van der Waals surface area contributed by atoms with Gasteiger partial charge in [-0.1, -0.05) is 6.07 Å². The number of aromatic nitrogens is 4. The van der Waals surface area contributed by atoms with Crippen molar-refractivity contribution in [1.82, 2.24) is 19.7 Å². The molecule has 3 aromatic heterocycles. The average Bonchev–Trinajstić information content (AvgIpc) is 3.24. The fourth-order valence-electron chi connectivity index (χ4n) is 2.90. The highest BCUT2D eigenvalue weighted by molar-refractivity contribution is 5.90. The summed E-state index contributed by atoms with van der Waals surface area (Å²) in [4.78, 5) is 20.1. The van der Waals surface area contributed by atoms with Gasteiger partial charge in [-0.2, -0.15) is 5.10 Å². The zero-order valence-corrected chi connectivity index (χ0v) is 13.3. The Bertz CT molecular complexity index is 899. The van der Waals surface area contributed by atoms with E-state index in [0.717, 1.165) is 41.9 Å². The van der Waals surface area contributed by atoms with E-state index in [4.69, 9.17) is 9.72 Å². The van der Waals surface area contributed by atoms with Gasteiger partial charge in [0.2, 0.25) is 5.91 Å². The molecule has 0 aromatic carbocycles. The first kappa shape index (κ1) is 14.8. The van der Waals surface area contributed by atoms with E-state index in [1.54, 1.807) is 23.1 Å². The van der Waals surface area contributed by atoms with Crippen molar-refractivity contribution < 1.29 is 9.53 Å². The van der Waals surface area contributed by atoms with Gasteiger partial charge in [0.1, 0.15) is 5.82 Å². The van der Waals surface area contributed by atoms with Crippen molar-refractivity contribution in [1.29, 1.82) is 0 Å². The van der Waals surface area contributed by atoms with Gasteiger partial charge in [0.05, 0.1) is 23.5 Å². The van der Waals surface area contributed by atoms with Crippen molar-refractivity contribution in [2.24, 2.45) is 0 Å². The maximum absolute atomic E-state index is 11.2. The van der Waals surface area contributed by atoms with Gasteiger partial charge in [-0.3, -0.25) is 4.79 Å². The van der Waals surface area contributed by atoms with Crippen LogP contribution in [0, 0.1) is 0 Å². The Balaban J connectivity index is 1.75. The first-order valence-electron chi connectivity index (χ1n) is 7.91. The fourth-order valence-corrected chi connectivity index (χ4v) is 2.90. The number of nitrogens with one attached hydrogen (secondary N) is 1. The van der Waals surface area contributed by atoms with Crippen LogP contribution in [0.2, 0.25) is 0 Å². The van der Waals surface area contributed by atoms with Crippen LogP contribution in [0.4, 0.5) is 5.82 Å². The first-order valence-corrected chi connectivity index (χ1v) is 7.91. The first-order chi connectivity index (χ1) is 11.7. The summed E-state index contributed by atoms with van der Waals surface area (Å²) in [5.74, 6) is 1.05. The maximum atomic E-state index is 11.2. The minimum Gasteiger partial charge on any atom is -0.372 e. The van der Waals surface area contributed by atoms with Crippen LogP contribution in [0.5, 0.6) is 0 Å². The van der Waals surface area contributed by atoms with Crippen molar-refractivity contribution in [3.63, 3.8) is 0 Å². The molecule has 7 heteroatoms. The molecule has 0 aliphatic carbocycles. The van der Waals surface area contributed by atoms with E-state index >= 15 is 0 Å². The number of carbonyl (C=O) groups is 1. The average molecular weight is 323 g/mol. The zero-order valence-electron chi connectivity index (χ0n) is 13.3. The van der Waals surface area contributed by atoms with Gasteiger partial charge < -0.3 is 10.1 Å². The molecular weight excluding hydrogens is 306 g/mol. The Labute approximate surface area is 138 Å². The topological polar surface area (TPSA) is 81.9 Å². The Kier molecular flexibility index (Phi) is 3.70. The molecule has 4 rings (SSSR count). The van der Waals surface area contributed by atoms with Gasteiger partial charge in [0, 0.05) is 31.2 Å². The minimum absolute atomic E-state index is 0.0587. The number of carbonyl (C=O) groups excluding carboxylic acids is 1. The summed E-state index contributed by atoms with van der Waals surface area (Å²) in [7, 11) is 0. The van der Waals surface area contributed by atoms with Gasteiger partial charge in [-0.15, -0.1) is 0 Å². The number of hydrogen-bond acceptors (Lipinski definition) is 5. The molecule has 4 heterocycles. The van der Waals surface area contributed by atoms with E-state index in [1.807, 2.05) is 18.2 Å². The summed E-state index contributed by atoms with van der Waals surface area (Å²) < 4.78 is 7.46. The minimum atomic E-state index is -0.161. The van der Waals surface area contributed by atoms with Crippen LogP contribution in [0.3, 0.4) is 0 Å². The maximum Gasteiger partial charge on any atom is 0.222 e. The summed E-state index contributed by atoms with van der Waals surface area (Å²) in [6.07, 6.45) is 5.54. The van der Waals surface area contributed by atoms with Crippen molar-refractivity contribution in [3.05, 3.63) is 42.4 Å². The molecule has 1 aliphatic rings. The summed E-state index contributed by atoms with van der Waals surface area (Å²) in [5, 5.41) is 7.99. The molecular formula is C17H17N5O2. The van der Waals surface area contributed by atoms with Crippen molar-refractivity contribution in [2.45, 2.75) is 25.9 Å². The number of amides is 1. The second-order valence-corrected chi connectivity index (χ2v) is 5.79. The standard InChI is InChI=1S/C17H17N5O2/c1-11(23)20-16-8-14-12(9-18-16)10-19-22(14)17-6-2-4-13(21-17)15-5-3-7-24-15/h2,4,6,8-10,15H,3,5,7H2,1H3,(H,18,20,23). The van der Waals surface area contributed by atoms with Crippen molar-refractivity contribution >= 4 is 22.6 Å². The molecule has 1 atom stereocenters. The summed E-state index contributed by atoms with van der Waals surface area (Å²) in [5.41, 5.74) is 1.76. The lowest BCUT2D eigenvalue weighted by atomic mass is 10.1. The summed E-state index contributed by atoms with van der Waals surface area (Å²) >= 11 is 0. The molecule has 1 N–H and O–H groups in total. The van der Waals surface area contributed by atoms with Gasteiger partial charge >= 0.3 is 0 Å². The number of pyridine rings is 2. The van der Waals surface area contributed by atoms with Gasteiger partial charge in [-0.25, -0.2) is 14.6 Å². The Hall–Kier alpha value is -2.80. The highest BCUT2D eigenvalue weighted by atomic mass is 16.5. The van der Waals surface area contributed by atoms with Crippen LogP contribution in [0.25, 0.3) is 16.7 Å². The quantitative estimate of drug-likeness (QED) is 0.801. The predicted molar refractivity (Wildman–Crippen MR) is 88.9 cm³/mol. The van der Waals surface area contributed by atoms with E-state index in [0.29, 0.717) is 5.82 Å². The monoisotopic (exact) mass is 323 g/mol. The molecule has 0 spiro atoms. The van der Waals surface area contributed by atoms with Crippen LogP contribution in [0.1, 0.15) is 31.6 Å². The molecule has 1 fully saturated rings. The third-order valence-electron chi connectivity index (χ3n) is 3.99. The van der Waals surface area contributed by atoms with Crippen LogP contribution < -0.4 is 5.32 Å². The molecule has 122 valence electrons. The van der Waals surface area contributed by atoms with E-state index in [9.17, 15) is 4.79 Å². The molecule has 1 unspecified atom stereocenters. The van der Waals surface area contributed by atoms with Crippen LogP contribution in [-0.4, -0.2) is 32.3 Å². The van der Waals surface area contributed by atoms with Gasteiger partial charge in [0.25, 0.3) is 0 Å². The molecule has 0 radical (unpaired) electrons. The molecule has 0 saturated carbocycles. The van der Waals surface area contributed by atoms with Crippen LogP contribution in [-0.2, 0) is 9.53 Å². The number of fused-ring (bicyclic) bond motifs is 1. The largest absolute Gasteiger partial charge is 0.372 e. The molecule has 3 aromatic rings. The normalized spacial score (nSPS) is 17.3. The molecule has 1 aliphatic heterocycles. The van der Waals surface area contributed by atoms with Crippen LogP contribution >= 0.6 is 0 Å². The lowest BCUT2D eigenvalue weighted by molar-refractivity contribution is -0.114. The van der Waals surface area contributed by atoms with Crippen molar-refractivity contribution in [2.75, 3.05) is 11.9 Å². The third kappa shape index (κ3) is 2.74. The number of anilines is 1. The number of hydrogen-bond donors (Lipinski definition) is 1. The highest BCUT2D eigenvalue weighted by Crippen LogP contribution is 2.28. The van der Waals surface area contributed by atoms with Crippen molar-refractivity contribution in [3.8, 4) is 5.82 Å².